The van der Waals surface area contributed by atoms with Gasteiger partial charge in [-0.1, -0.05) is 18.2 Å². The smallest absolute Gasteiger partial charge is 0.101 e. The molecule has 0 bridgehead atoms. The lowest BCUT2D eigenvalue weighted by Gasteiger charge is -2.04. The topological polar surface area (TPSA) is 65.4 Å². The summed E-state index contributed by atoms with van der Waals surface area (Å²) in [5.41, 5.74) is 4.21. The molecule has 0 spiro atoms. The zero-order chi connectivity index (χ0) is 13.1. The van der Waals surface area contributed by atoms with Gasteiger partial charge in [0.15, 0.2) is 0 Å². The first-order chi connectivity index (χ1) is 9.40. The van der Waals surface area contributed by atoms with Gasteiger partial charge >= 0.3 is 0 Å². The third kappa shape index (κ3) is 1.98. The molecular weight excluding hydrogens is 236 g/mol. The molecule has 0 aliphatic heterocycles. The first kappa shape index (κ1) is 11.2. The lowest BCUT2D eigenvalue weighted by molar-refractivity contribution is 1.09. The van der Waals surface area contributed by atoms with Gasteiger partial charge in [-0.2, -0.15) is 10.4 Å². The van der Waals surface area contributed by atoms with E-state index in [1.54, 1.807) is 18.5 Å². The van der Waals surface area contributed by atoms with Gasteiger partial charge in [-0.15, -0.1) is 0 Å². The van der Waals surface area contributed by atoms with Crippen LogP contribution in [-0.4, -0.2) is 15.2 Å². The number of hydrogen-bond donors (Lipinski definition) is 1. The summed E-state index contributed by atoms with van der Waals surface area (Å²) in [4.78, 5) is 4.01. The number of benzene rings is 1. The number of hydrogen-bond acceptors (Lipinski definition) is 3. The Kier molecular flexibility index (Phi) is 2.79. The number of aromatic nitrogens is 3. The Morgan fingerprint density at radius 1 is 1.00 bits per heavy atom. The summed E-state index contributed by atoms with van der Waals surface area (Å²) in [5.74, 6) is 0. The van der Waals surface area contributed by atoms with E-state index in [9.17, 15) is 5.26 Å². The van der Waals surface area contributed by atoms with Gasteiger partial charge < -0.3 is 0 Å². The number of aromatic amines is 1. The van der Waals surface area contributed by atoms with Crippen LogP contribution in [0.1, 0.15) is 5.56 Å². The Morgan fingerprint density at radius 3 is 2.58 bits per heavy atom. The molecule has 0 saturated carbocycles. The van der Waals surface area contributed by atoms with Gasteiger partial charge in [-0.25, -0.2) is 0 Å². The molecule has 0 saturated heterocycles. The van der Waals surface area contributed by atoms with Crippen molar-refractivity contribution in [3.05, 3.63) is 60.6 Å². The molecule has 90 valence electrons. The van der Waals surface area contributed by atoms with Crippen molar-refractivity contribution in [1.29, 1.82) is 5.26 Å². The van der Waals surface area contributed by atoms with E-state index >= 15 is 0 Å². The second-order valence-corrected chi connectivity index (χ2v) is 4.04. The zero-order valence-electron chi connectivity index (χ0n) is 10.0. The average molecular weight is 246 g/mol. The second-order valence-electron chi connectivity index (χ2n) is 4.04. The van der Waals surface area contributed by atoms with E-state index in [1.807, 2.05) is 36.5 Å². The minimum Gasteiger partial charge on any atom is -0.284 e. The van der Waals surface area contributed by atoms with Gasteiger partial charge in [0.25, 0.3) is 0 Å². The van der Waals surface area contributed by atoms with Crippen LogP contribution < -0.4 is 0 Å². The van der Waals surface area contributed by atoms with E-state index in [0.717, 1.165) is 22.4 Å². The quantitative estimate of drug-likeness (QED) is 0.755. The first-order valence-electron chi connectivity index (χ1n) is 5.84. The molecule has 4 heteroatoms. The molecule has 1 N–H and O–H groups in total. The molecule has 0 aliphatic rings. The molecule has 2 heterocycles. The van der Waals surface area contributed by atoms with Gasteiger partial charge in [0.1, 0.15) is 5.69 Å². The largest absolute Gasteiger partial charge is 0.284 e. The fourth-order valence-corrected chi connectivity index (χ4v) is 2.03. The number of H-pyrrole nitrogens is 1. The van der Waals surface area contributed by atoms with E-state index in [0.29, 0.717) is 5.56 Å². The van der Waals surface area contributed by atoms with Crippen LogP contribution in [0.3, 0.4) is 0 Å². The molecule has 19 heavy (non-hydrogen) atoms. The molecule has 0 fully saturated rings. The predicted octanol–water partition coefficient (Wildman–Crippen LogP) is 3.01. The van der Waals surface area contributed by atoms with Crippen molar-refractivity contribution >= 4 is 0 Å². The predicted molar refractivity (Wildman–Crippen MR) is 72.0 cm³/mol. The van der Waals surface area contributed by atoms with Crippen molar-refractivity contribution in [3.8, 4) is 28.5 Å². The normalized spacial score (nSPS) is 10.1. The maximum absolute atomic E-state index is 9.18. The van der Waals surface area contributed by atoms with Crippen LogP contribution in [0, 0.1) is 11.3 Å². The molecular formula is C15H10N4. The summed E-state index contributed by atoms with van der Waals surface area (Å²) in [6.45, 7) is 0. The molecule has 4 nitrogen and oxygen atoms in total. The van der Waals surface area contributed by atoms with E-state index in [1.165, 1.54) is 0 Å². The average Bonchev–Trinajstić information content (AvgIpc) is 2.97. The van der Waals surface area contributed by atoms with Crippen LogP contribution in [0.5, 0.6) is 0 Å². The van der Waals surface area contributed by atoms with Crippen molar-refractivity contribution in [1.82, 2.24) is 15.2 Å². The molecule has 1 aromatic carbocycles. The Balaban J connectivity index is 2.19. The van der Waals surface area contributed by atoms with Crippen LogP contribution in [0.2, 0.25) is 0 Å². The first-order valence-corrected chi connectivity index (χ1v) is 5.84. The Hall–Kier alpha value is -2.93. The molecule has 0 atom stereocenters. The number of rotatable bonds is 2. The molecule has 0 amide bonds. The van der Waals surface area contributed by atoms with E-state index in [2.05, 4.69) is 21.3 Å². The highest BCUT2D eigenvalue weighted by molar-refractivity contribution is 5.82. The molecule has 3 aromatic rings. The molecule has 2 aromatic heterocycles. The zero-order valence-corrected chi connectivity index (χ0v) is 10.0. The van der Waals surface area contributed by atoms with Crippen molar-refractivity contribution in [3.63, 3.8) is 0 Å². The maximum atomic E-state index is 9.18. The number of nitrogens with one attached hydrogen (secondary N) is 1. The van der Waals surface area contributed by atoms with E-state index < -0.39 is 0 Å². The van der Waals surface area contributed by atoms with Gasteiger partial charge in [-0.05, 0) is 23.8 Å². The van der Waals surface area contributed by atoms with Crippen molar-refractivity contribution in [2.45, 2.75) is 0 Å². The van der Waals surface area contributed by atoms with Crippen molar-refractivity contribution in [2.24, 2.45) is 0 Å². The number of pyridine rings is 1. The van der Waals surface area contributed by atoms with Crippen LogP contribution in [0.25, 0.3) is 22.4 Å². The van der Waals surface area contributed by atoms with E-state index in [-0.39, 0.29) is 0 Å². The SMILES string of the molecule is N#Cc1ccccc1-c1n[nH]cc1-c1ccncc1. The lowest BCUT2D eigenvalue weighted by Crippen LogP contribution is -1.87. The van der Waals surface area contributed by atoms with Gasteiger partial charge in [0, 0.05) is 29.7 Å². The second kappa shape index (κ2) is 4.75. The minimum atomic E-state index is 0.616. The Labute approximate surface area is 110 Å². The third-order valence-electron chi connectivity index (χ3n) is 2.93. The van der Waals surface area contributed by atoms with Crippen molar-refractivity contribution < 1.29 is 0 Å². The summed E-state index contributed by atoms with van der Waals surface area (Å²) in [6.07, 6.45) is 5.31. The van der Waals surface area contributed by atoms with Crippen molar-refractivity contribution in [2.75, 3.05) is 0 Å². The van der Waals surface area contributed by atoms with Crippen LogP contribution in [0.15, 0.2) is 55.0 Å². The van der Waals surface area contributed by atoms with Crippen LogP contribution in [-0.2, 0) is 0 Å². The highest BCUT2D eigenvalue weighted by Gasteiger charge is 2.13. The monoisotopic (exact) mass is 246 g/mol. The van der Waals surface area contributed by atoms with E-state index in [4.69, 9.17) is 0 Å². The Bertz CT molecular complexity index is 738. The fourth-order valence-electron chi connectivity index (χ4n) is 2.03. The minimum absolute atomic E-state index is 0.616. The molecule has 3 rings (SSSR count). The van der Waals surface area contributed by atoms with Crippen LogP contribution >= 0.6 is 0 Å². The number of nitrogens with zero attached hydrogens (tertiary/aromatic N) is 3. The molecule has 0 aliphatic carbocycles. The molecule has 0 radical (unpaired) electrons. The van der Waals surface area contributed by atoms with Gasteiger partial charge in [0.05, 0.1) is 11.6 Å². The highest BCUT2D eigenvalue weighted by atomic mass is 15.1. The third-order valence-corrected chi connectivity index (χ3v) is 2.93. The highest BCUT2D eigenvalue weighted by Crippen LogP contribution is 2.31. The van der Waals surface area contributed by atoms with Gasteiger partial charge in [0.2, 0.25) is 0 Å². The number of nitriles is 1. The molecule has 0 unspecified atom stereocenters. The fraction of sp³-hybridized carbons (Fsp3) is 0. The summed E-state index contributed by atoms with van der Waals surface area (Å²) in [6, 6.07) is 13.5. The summed E-state index contributed by atoms with van der Waals surface area (Å²) < 4.78 is 0. The lowest BCUT2D eigenvalue weighted by atomic mass is 9.99. The van der Waals surface area contributed by atoms with Gasteiger partial charge in [-0.3, -0.25) is 10.1 Å². The summed E-state index contributed by atoms with van der Waals surface area (Å²) in [7, 11) is 0. The maximum Gasteiger partial charge on any atom is 0.101 e. The Morgan fingerprint density at radius 2 is 1.79 bits per heavy atom. The summed E-state index contributed by atoms with van der Waals surface area (Å²) >= 11 is 0. The standard InChI is InChI=1S/C15H10N4/c16-9-12-3-1-2-4-13(12)15-14(10-18-19-15)11-5-7-17-8-6-11/h1-8,10H,(H,18,19). The van der Waals surface area contributed by atoms with Crippen LogP contribution in [0.4, 0.5) is 0 Å². The summed E-state index contributed by atoms with van der Waals surface area (Å²) in [5, 5.41) is 16.3.